The van der Waals surface area contributed by atoms with Gasteiger partial charge in [0.25, 0.3) is 0 Å². The van der Waals surface area contributed by atoms with E-state index >= 15 is 0 Å². The second-order valence-electron chi connectivity index (χ2n) is 4.43. The fourth-order valence-corrected chi connectivity index (χ4v) is 1.90. The van der Waals surface area contributed by atoms with Gasteiger partial charge >= 0.3 is 0 Å². The predicted molar refractivity (Wildman–Crippen MR) is 65.9 cm³/mol. The summed E-state index contributed by atoms with van der Waals surface area (Å²) in [6, 6.07) is 9.65. The van der Waals surface area contributed by atoms with Gasteiger partial charge in [-0.1, -0.05) is 45.5 Å². The number of carbonyl (C=O) groups is 1. The number of rotatable bonds is 2. The van der Waals surface area contributed by atoms with Gasteiger partial charge in [-0.05, 0) is 29.3 Å². The summed E-state index contributed by atoms with van der Waals surface area (Å²) in [5.41, 5.74) is 0.509. The third kappa shape index (κ3) is 3.56. The Morgan fingerprint density at radius 3 is 2.20 bits per heavy atom. The molecule has 80 valence electrons. The third-order valence-electron chi connectivity index (χ3n) is 2.11. The summed E-state index contributed by atoms with van der Waals surface area (Å²) in [5, 5.41) is 0.0497. The minimum atomic E-state index is -0.154. The molecule has 0 aliphatic carbocycles. The Morgan fingerprint density at radius 1 is 1.20 bits per heavy atom. The average Bonchev–Trinajstić information content (AvgIpc) is 2.16. The lowest BCUT2D eigenvalue weighted by molar-refractivity contribution is -0.108. The van der Waals surface area contributed by atoms with Crippen molar-refractivity contribution in [2.75, 3.05) is 0 Å². The summed E-state index contributed by atoms with van der Waals surface area (Å²) < 4.78 is 0. The molecule has 0 fully saturated rings. The Morgan fingerprint density at radius 2 is 1.73 bits per heavy atom. The Balaban J connectivity index is 2.69. The van der Waals surface area contributed by atoms with Gasteiger partial charge in [0.15, 0.2) is 0 Å². The molecule has 0 N–H and O–H groups in total. The van der Waals surface area contributed by atoms with Crippen LogP contribution >= 0.6 is 11.8 Å². The topological polar surface area (TPSA) is 17.1 Å². The molecule has 0 saturated heterocycles. The summed E-state index contributed by atoms with van der Waals surface area (Å²) in [7, 11) is 0. The quantitative estimate of drug-likeness (QED) is 0.555. The number of hydrogen-bond donors (Lipinski definition) is 0. The van der Waals surface area contributed by atoms with Crippen LogP contribution in [-0.4, -0.2) is 5.12 Å². The fraction of sp³-hybridized carbons (Fsp3) is 0.308. The largest absolute Gasteiger partial charge is 0.282 e. The molecule has 0 saturated carbocycles. The van der Waals surface area contributed by atoms with Gasteiger partial charge in [-0.25, -0.2) is 0 Å². The highest BCUT2D eigenvalue weighted by Gasteiger charge is 2.21. The number of benzene rings is 1. The van der Waals surface area contributed by atoms with Crippen LogP contribution in [0.1, 0.15) is 20.8 Å². The van der Waals surface area contributed by atoms with Gasteiger partial charge in [0, 0.05) is 10.5 Å². The van der Waals surface area contributed by atoms with Crippen molar-refractivity contribution in [3.63, 3.8) is 0 Å². The van der Waals surface area contributed by atoms with Crippen LogP contribution in [0.3, 0.4) is 0 Å². The first-order valence-electron chi connectivity index (χ1n) is 4.88. The minimum absolute atomic E-state index is 0.0497. The molecule has 0 spiro atoms. The average molecular weight is 220 g/mol. The summed E-state index contributed by atoms with van der Waals surface area (Å²) >= 11 is 1.24. The Hall–Kier alpha value is -1.02. The van der Waals surface area contributed by atoms with Crippen LogP contribution in [0.4, 0.5) is 0 Å². The van der Waals surface area contributed by atoms with Crippen LogP contribution in [0, 0.1) is 5.41 Å². The molecule has 1 nitrogen and oxygen atoms in total. The van der Waals surface area contributed by atoms with Crippen LogP contribution in [-0.2, 0) is 4.79 Å². The molecule has 1 aromatic rings. The smallest absolute Gasteiger partial charge is 0.220 e. The van der Waals surface area contributed by atoms with Crippen molar-refractivity contribution >= 4 is 16.9 Å². The molecule has 1 aromatic carbocycles. The molecular formula is C13H16OS. The van der Waals surface area contributed by atoms with Gasteiger partial charge in [0.1, 0.15) is 0 Å². The molecule has 1 rings (SSSR count). The second kappa shape index (κ2) is 4.67. The maximum Gasteiger partial charge on any atom is 0.220 e. The van der Waals surface area contributed by atoms with Gasteiger partial charge in [0.05, 0.1) is 0 Å². The minimum Gasteiger partial charge on any atom is -0.282 e. The predicted octanol–water partition coefficient (Wildman–Crippen LogP) is 3.91. The van der Waals surface area contributed by atoms with Crippen LogP contribution in [0.5, 0.6) is 0 Å². The van der Waals surface area contributed by atoms with Gasteiger partial charge in [0.2, 0.25) is 5.12 Å². The van der Waals surface area contributed by atoms with Crippen molar-refractivity contribution in [1.82, 2.24) is 0 Å². The number of hydrogen-bond acceptors (Lipinski definition) is 2. The van der Waals surface area contributed by atoms with Crippen molar-refractivity contribution < 1.29 is 4.79 Å². The Labute approximate surface area is 95.6 Å². The number of thioether (sulfide) groups is 1. The van der Waals surface area contributed by atoms with E-state index < -0.39 is 0 Å². The zero-order chi connectivity index (χ0) is 11.5. The lowest BCUT2D eigenvalue weighted by Crippen LogP contribution is -2.14. The van der Waals surface area contributed by atoms with E-state index in [0.717, 1.165) is 4.90 Å². The molecular weight excluding hydrogens is 204 g/mol. The zero-order valence-corrected chi connectivity index (χ0v) is 10.2. The maximum absolute atomic E-state index is 11.8. The van der Waals surface area contributed by atoms with E-state index in [2.05, 4.69) is 6.58 Å². The summed E-state index contributed by atoms with van der Waals surface area (Å²) in [5.74, 6) is 0. The van der Waals surface area contributed by atoms with Crippen LogP contribution < -0.4 is 0 Å². The normalized spacial score (nSPS) is 11.1. The van der Waals surface area contributed by atoms with Crippen molar-refractivity contribution in [3.8, 4) is 0 Å². The van der Waals surface area contributed by atoms with E-state index in [9.17, 15) is 4.79 Å². The molecule has 0 amide bonds. The van der Waals surface area contributed by atoms with Crippen molar-refractivity contribution in [3.05, 3.63) is 42.5 Å². The first-order valence-corrected chi connectivity index (χ1v) is 5.69. The highest BCUT2D eigenvalue weighted by atomic mass is 32.2. The molecule has 2 heteroatoms. The summed E-state index contributed by atoms with van der Waals surface area (Å²) in [6.07, 6.45) is 0. The Kier molecular flexibility index (Phi) is 3.75. The fourth-order valence-electron chi connectivity index (χ4n) is 0.963. The van der Waals surface area contributed by atoms with Crippen LogP contribution in [0.25, 0.3) is 0 Å². The zero-order valence-electron chi connectivity index (χ0n) is 9.41. The third-order valence-corrected chi connectivity index (χ3v) is 3.05. The van der Waals surface area contributed by atoms with Gasteiger partial charge < -0.3 is 0 Å². The van der Waals surface area contributed by atoms with Crippen molar-refractivity contribution in [1.29, 1.82) is 0 Å². The van der Waals surface area contributed by atoms with Crippen molar-refractivity contribution in [2.24, 2.45) is 5.41 Å². The highest BCUT2D eigenvalue weighted by molar-refractivity contribution is 8.14. The van der Waals surface area contributed by atoms with E-state index in [4.69, 9.17) is 0 Å². The van der Waals surface area contributed by atoms with Gasteiger partial charge in [-0.15, -0.1) is 0 Å². The van der Waals surface area contributed by atoms with Crippen LogP contribution in [0.15, 0.2) is 47.4 Å². The molecule has 0 bridgehead atoms. The molecule has 0 radical (unpaired) electrons. The lowest BCUT2D eigenvalue weighted by Gasteiger charge is -2.19. The Bertz CT molecular complexity index is 360. The second-order valence-corrected chi connectivity index (χ2v) is 5.48. The summed E-state index contributed by atoms with van der Waals surface area (Å²) in [6.45, 7) is 9.85. The SMILES string of the molecule is C=C(C(=O)Sc1ccccc1)C(C)(C)C. The van der Waals surface area contributed by atoms with E-state index in [-0.39, 0.29) is 10.5 Å². The number of carbonyl (C=O) groups excluding carboxylic acids is 1. The summed E-state index contributed by atoms with van der Waals surface area (Å²) in [4.78, 5) is 12.8. The highest BCUT2D eigenvalue weighted by Crippen LogP contribution is 2.30. The molecule has 0 aliphatic heterocycles. The van der Waals surface area contributed by atoms with E-state index in [1.807, 2.05) is 51.1 Å². The van der Waals surface area contributed by atoms with Gasteiger partial charge in [-0.3, -0.25) is 4.79 Å². The van der Waals surface area contributed by atoms with E-state index in [0.29, 0.717) is 5.57 Å². The maximum atomic E-state index is 11.8. The molecule has 0 unspecified atom stereocenters. The van der Waals surface area contributed by atoms with E-state index in [1.165, 1.54) is 11.8 Å². The molecule has 0 atom stereocenters. The first-order chi connectivity index (χ1) is 6.91. The van der Waals surface area contributed by atoms with Gasteiger partial charge in [-0.2, -0.15) is 0 Å². The molecule has 0 heterocycles. The lowest BCUT2D eigenvalue weighted by atomic mass is 9.88. The van der Waals surface area contributed by atoms with Crippen molar-refractivity contribution in [2.45, 2.75) is 25.7 Å². The monoisotopic (exact) mass is 220 g/mol. The van der Waals surface area contributed by atoms with E-state index in [1.54, 1.807) is 0 Å². The van der Waals surface area contributed by atoms with Crippen LogP contribution in [0.2, 0.25) is 0 Å². The first kappa shape index (κ1) is 12.1. The molecule has 0 aliphatic rings. The molecule has 15 heavy (non-hydrogen) atoms. The molecule has 0 aromatic heterocycles. The standard InChI is InChI=1S/C13H16OS/c1-10(13(2,3)4)12(14)15-11-8-6-5-7-9-11/h5-9H,1H2,2-4H3.